The number of nitrogens with one attached hydrogen (secondary N) is 2. The van der Waals surface area contributed by atoms with Crippen molar-refractivity contribution < 1.29 is 19.1 Å². The first-order valence-electron chi connectivity index (χ1n) is 7.00. The largest absolute Gasteiger partial charge is 0.437 e. The Morgan fingerprint density at radius 3 is 2.75 bits per heavy atom. The topological polar surface area (TPSA) is 84.5 Å². The third kappa shape index (κ3) is 2.55. The molecule has 0 aromatic heterocycles. The van der Waals surface area contributed by atoms with Gasteiger partial charge in [0.15, 0.2) is 0 Å². The molecule has 2 N–H and O–H groups in total. The maximum absolute atomic E-state index is 11.9. The molecule has 3 amide bonds. The number of esters is 1. The van der Waals surface area contributed by atoms with E-state index in [1.165, 1.54) is 12.8 Å². The van der Waals surface area contributed by atoms with Gasteiger partial charge in [-0.05, 0) is 43.1 Å². The molecule has 3 rings (SSSR count). The number of urea groups is 1. The lowest BCUT2D eigenvalue weighted by atomic mass is 9.92. The molecular formula is C14H18N2O4. The molecule has 0 bridgehead atoms. The van der Waals surface area contributed by atoms with E-state index < -0.39 is 18.2 Å². The standard InChI is InChI=1S/C14H18N2O4/c1-14(5-6-14)4-2-3-8-7-9(17)20-12-10(8)11(18)15-13(19)16-12/h12H,2-7H2,1H3,(H2,15,16,18,19). The molecular weight excluding hydrogens is 260 g/mol. The van der Waals surface area contributed by atoms with Crippen LogP contribution in [0.25, 0.3) is 0 Å². The maximum atomic E-state index is 11.9. The fraction of sp³-hybridized carbons (Fsp3) is 0.643. The second-order valence-electron chi connectivity index (χ2n) is 6.16. The predicted octanol–water partition coefficient (Wildman–Crippen LogP) is 1.37. The number of hydrogen-bond acceptors (Lipinski definition) is 4. The van der Waals surface area contributed by atoms with Crippen LogP contribution in [0.1, 0.15) is 45.4 Å². The van der Waals surface area contributed by atoms with E-state index in [0.717, 1.165) is 18.4 Å². The highest BCUT2D eigenvalue weighted by Crippen LogP contribution is 2.49. The van der Waals surface area contributed by atoms with Crippen molar-refractivity contribution in [3.05, 3.63) is 11.1 Å². The number of imide groups is 1. The van der Waals surface area contributed by atoms with Gasteiger partial charge in [-0.15, -0.1) is 0 Å². The SMILES string of the molecule is CC1(CCCC2=C3C(=O)NC(=O)NC3OC(=O)C2)CC1. The number of fused-ring (bicyclic) bond motifs is 1. The number of ether oxygens (including phenoxy) is 1. The van der Waals surface area contributed by atoms with Crippen molar-refractivity contribution in [3.8, 4) is 0 Å². The highest BCUT2D eigenvalue weighted by atomic mass is 16.6. The summed E-state index contributed by atoms with van der Waals surface area (Å²) in [6.45, 7) is 2.26. The third-order valence-corrected chi connectivity index (χ3v) is 4.35. The van der Waals surface area contributed by atoms with Gasteiger partial charge in [0, 0.05) is 0 Å². The molecule has 0 aromatic rings. The summed E-state index contributed by atoms with van der Waals surface area (Å²) in [5.41, 5.74) is 1.67. The van der Waals surface area contributed by atoms with Crippen molar-refractivity contribution in [1.29, 1.82) is 0 Å². The molecule has 108 valence electrons. The number of rotatable bonds is 4. The van der Waals surface area contributed by atoms with Crippen molar-refractivity contribution in [2.24, 2.45) is 5.41 Å². The number of carbonyl (C=O) groups excluding carboxylic acids is 3. The Hall–Kier alpha value is -1.85. The lowest BCUT2D eigenvalue weighted by molar-refractivity contribution is -0.150. The molecule has 3 aliphatic rings. The highest BCUT2D eigenvalue weighted by molar-refractivity contribution is 6.08. The zero-order chi connectivity index (χ0) is 14.3. The minimum absolute atomic E-state index is 0.145. The molecule has 1 atom stereocenters. The van der Waals surface area contributed by atoms with E-state index in [1.54, 1.807) is 0 Å². The van der Waals surface area contributed by atoms with Gasteiger partial charge in [0.2, 0.25) is 6.23 Å². The van der Waals surface area contributed by atoms with Crippen LogP contribution in [0.4, 0.5) is 4.79 Å². The van der Waals surface area contributed by atoms with E-state index in [2.05, 4.69) is 17.6 Å². The summed E-state index contributed by atoms with van der Waals surface area (Å²) < 4.78 is 5.03. The fourth-order valence-electron chi connectivity index (χ4n) is 2.81. The zero-order valence-corrected chi connectivity index (χ0v) is 11.5. The Morgan fingerprint density at radius 1 is 1.30 bits per heavy atom. The van der Waals surface area contributed by atoms with Crippen molar-refractivity contribution in [2.45, 2.75) is 51.7 Å². The minimum Gasteiger partial charge on any atom is -0.437 e. The van der Waals surface area contributed by atoms with Crippen LogP contribution in [0.2, 0.25) is 0 Å². The number of amides is 3. The normalized spacial score (nSPS) is 27.4. The Bertz CT molecular complexity index is 519. The number of hydrogen-bond donors (Lipinski definition) is 2. The molecule has 2 aliphatic heterocycles. The van der Waals surface area contributed by atoms with E-state index in [-0.39, 0.29) is 12.4 Å². The molecule has 2 fully saturated rings. The van der Waals surface area contributed by atoms with E-state index >= 15 is 0 Å². The Kier molecular flexibility index (Phi) is 3.03. The summed E-state index contributed by atoms with van der Waals surface area (Å²) in [5, 5.41) is 4.66. The maximum Gasteiger partial charge on any atom is 0.324 e. The first kappa shape index (κ1) is 13.1. The average Bonchev–Trinajstić information content (AvgIpc) is 3.05. The second-order valence-corrected chi connectivity index (χ2v) is 6.16. The van der Waals surface area contributed by atoms with Gasteiger partial charge in [-0.2, -0.15) is 0 Å². The molecule has 6 nitrogen and oxygen atoms in total. The van der Waals surface area contributed by atoms with Gasteiger partial charge in [0.05, 0.1) is 12.0 Å². The summed E-state index contributed by atoms with van der Waals surface area (Å²) in [4.78, 5) is 34.7. The van der Waals surface area contributed by atoms with Gasteiger partial charge in [-0.3, -0.25) is 20.2 Å². The first-order chi connectivity index (χ1) is 9.47. The quantitative estimate of drug-likeness (QED) is 0.761. The van der Waals surface area contributed by atoms with Gasteiger partial charge in [-0.25, -0.2) is 4.79 Å². The monoisotopic (exact) mass is 278 g/mol. The summed E-state index contributed by atoms with van der Waals surface area (Å²) in [7, 11) is 0. The molecule has 1 saturated carbocycles. The molecule has 0 spiro atoms. The molecule has 2 heterocycles. The smallest absolute Gasteiger partial charge is 0.324 e. The van der Waals surface area contributed by atoms with Crippen molar-refractivity contribution in [2.75, 3.05) is 0 Å². The third-order valence-electron chi connectivity index (χ3n) is 4.35. The van der Waals surface area contributed by atoms with Crippen LogP contribution in [-0.2, 0) is 14.3 Å². The lowest BCUT2D eigenvalue weighted by Gasteiger charge is -2.31. The van der Waals surface area contributed by atoms with Gasteiger partial charge in [-0.1, -0.05) is 6.92 Å². The van der Waals surface area contributed by atoms with Crippen LogP contribution >= 0.6 is 0 Å². The van der Waals surface area contributed by atoms with Crippen LogP contribution in [0.15, 0.2) is 11.1 Å². The van der Waals surface area contributed by atoms with Crippen LogP contribution in [-0.4, -0.2) is 24.1 Å². The fourth-order valence-corrected chi connectivity index (χ4v) is 2.81. The van der Waals surface area contributed by atoms with Crippen LogP contribution in [0.3, 0.4) is 0 Å². The zero-order valence-electron chi connectivity index (χ0n) is 11.5. The summed E-state index contributed by atoms with van der Waals surface area (Å²) in [6.07, 6.45) is 4.53. The Labute approximate surface area is 116 Å². The van der Waals surface area contributed by atoms with Crippen LogP contribution in [0.5, 0.6) is 0 Å². The van der Waals surface area contributed by atoms with E-state index in [9.17, 15) is 14.4 Å². The van der Waals surface area contributed by atoms with Crippen molar-refractivity contribution in [3.63, 3.8) is 0 Å². The van der Waals surface area contributed by atoms with Gasteiger partial charge < -0.3 is 4.74 Å². The summed E-state index contributed by atoms with van der Waals surface area (Å²) in [5.74, 6) is -0.833. The molecule has 6 heteroatoms. The average molecular weight is 278 g/mol. The van der Waals surface area contributed by atoms with E-state index in [4.69, 9.17) is 4.74 Å². The highest BCUT2D eigenvalue weighted by Gasteiger charge is 2.39. The summed E-state index contributed by atoms with van der Waals surface area (Å²) in [6, 6.07) is -0.622. The van der Waals surface area contributed by atoms with E-state index in [0.29, 0.717) is 17.4 Å². The molecule has 1 saturated heterocycles. The molecule has 1 aliphatic carbocycles. The Balaban J connectivity index is 1.74. The Morgan fingerprint density at radius 2 is 2.05 bits per heavy atom. The molecule has 0 aromatic carbocycles. The second kappa shape index (κ2) is 4.61. The van der Waals surface area contributed by atoms with Gasteiger partial charge in [0.1, 0.15) is 0 Å². The summed E-state index contributed by atoms with van der Waals surface area (Å²) >= 11 is 0. The first-order valence-corrected chi connectivity index (χ1v) is 7.00. The van der Waals surface area contributed by atoms with Gasteiger partial charge >= 0.3 is 12.0 Å². The van der Waals surface area contributed by atoms with E-state index in [1.807, 2.05) is 0 Å². The number of carbonyl (C=O) groups is 3. The predicted molar refractivity (Wildman–Crippen MR) is 69.4 cm³/mol. The molecule has 20 heavy (non-hydrogen) atoms. The minimum atomic E-state index is -0.913. The van der Waals surface area contributed by atoms with Crippen LogP contribution < -0.4 is 10.6 Å². The molecule has 0 radical (unpaired) electrons. The van der Waals surface area contributed by atoms with Crippen molar-refractivity contribution >= 4 is 17.9 Å². The van der Waals surface area contributed by atoms with Crippen molar-refractivity contribution in [1.82, 2.24) is 10.6 Å². The lowest BCUT2D eigenvalue weighted by Crippen LogP contribution is -2.57. The van der Waals surface area contributed by atoms with Crippen LogP contribution in [0, 0.1) is 5.41 Å². The van der Waals surface area contributed by atoms with Gasteiger partial charge in [0.25, 0.3) is 5.91 Å². The molecule has 1 unspecified atom stereocenters.